The Hall–Kier alpha value is -1.63. The van der Waals surface area contributed by atoms with Crippen LogP contribution in [0.5, 0.6) is 0 Å². The molecule has 1 aromatic carbocycles. The van der Waals surface area contributed by atoms with Crippen LogP contribution < -0.4 is 4.90 Å². The summed E-state index contributed by atoms with van der Waals surface area (Å²) in [6, 6.07) is 8.05. The highest BCUT2D eigenvalue weighted by Gasteiger charge is 2.36. The fraction of sp³-hybridized carbons (Fsp3) is 0.650. The molecule has 26 heavy (non-hydrogen) atoms. The van der Waals surface area contributed by atoms with Crippen molar-refractivity contribution in [3.8, 4) is 0 Å². The molecule has 0 bridgehead atoms. The van der Waals surface area contributed by atoms with Gasteiger partial charge in [-0.3, -0.25) is 4.79 Å². The highest BCUT2D eigenvalue weighted by Crippen LogP contribution is 2.19. The van der Waals surface area contributed by atoms with E-state index >= 15 is 0 Å². The molecule has 0 aliphatic carbocycles. The van der Waals surface area contributed by atoms with Gasteiger partial charge in [0.25, 0.3) is 0 Å². The maximum absolute atomic E-state index is 12.8. The van der Waals surface area contributed by atoms with Gasteiger partial charge in [0.1, 0.15) is 5.60 Å². The molecule has 0 aromatic heterocycles. The highest BCUT2D eigenvalue weighted by molar-refractivity contribution is 5.79. The molecule has 1 N–H and O–H groups in total. The molecule has 6 nitrogen and oxygen atoms in total. The lowest BCUT2D eigenvalue weighted by Gasteiger charge is -2.34. The van der Waals surface area contributed by atoms with Crippen molar-refractivity contribution < 1.29 is 14.6 Å². The molecule has 1 aromatic rings. The Balaban J connectivity index is 1.61. The molecule has 2 fully saturated rings. The first-order chi connectivity index (χ1) is 12.5. The van der Waals surface area contributed by atoms with Crippen molar-refractivity contribution in [2.45, 2.75) is 24.9 Å². The van der Waals surface area contributed by atoms with Gasteiger partial charge in [-0.1, -0.05) is 12.1 Å². The van der Waals surface area contributed by atoms with Crippen molar-refractivity contribution in [2.24, 2.45) is 0 Å². The molecule has 2 aliphatic heterocycles. The van der Waals surface area contributed by atoms with E-state index < -0.39 is 5.60 Å². The minimum Gasteiger partial charge on any atom is -0.384 e. The van der Waals surface area contributed by atoms with Crippen LogP contribution in [-0.4, -0.2) is 86.4 Å². The summed E-state index contributed by atoms with van der Waals surface area (Å²) in [4.78, 5) is 18.9. The molecule has 2 aliphatic rings. The number of carbonyl (C=O) groups excluding carboxylic acids is 1. The first kappa shape index (κ1) is 19.1. The highest BCUT2D eigenvalue weighted by atomic mass is 16.5. The fourth-order valence-electron chi connectivity index (χ4n) is 3.78. The molecule has 0 saturated carbocycles. The van der Waals surface area contributed by atoms with Gasteiger partial charge < -0.3 is 24.5 Å². The number of amides is 1. The second-order valence-electron chi connectivity index (χ2n) is 7.81. The van der Waals surface area contributed by atoms with Crippen LogP contribution in [0.25, 0.3) is 0 Å². The first-order valence-electron chi connectivity index (χ1n) is 9.52. The fourth-order valence-corrected chi connectivity index (χ4v) is 3.78. The first-order valence-corrected chi connectivity index (χ1v) is 9.52. The van der Waals surface area contributed by atoms with E-state index in [1.807, 2.05) is 43.3 Å². The van der Waals surface area contributed by atoms with Crippen LogP contribution >= 0.6 is 0 Å². The zero-order valence-electron chi connectivity index (χ0n) is 16.0. The van der Waals surface area contributed by atoms with Crippen LogP contribution in [-0.2, 0) is 16.0 Å². The number of likely N-dealkylation sites (tertiary alicyclic amines) is 1. The Morgan fingerprint density at radius 3 is 2.54 bits per heavy atom. The maximum atomic E-state index is 12.8. The van der Waals surface area contributed by atoms with Gasteiger partial charge >= 0.3 is 0 Å². The number of nitrogens with zero attached hydrogens (tertiary/aromatic N) is 3. The van der Waals surface area contributed by atoms with Gasteiger partial charge in [-0.2, -0.15) is 0 Å². The molecule has 0 unspecified atom stereocenters. The summed E-state index contributed by atoms with van der Waals surface area (Å²) in [5, 5.41) is 11.0. The van der Waals surface area contributed by atoms with Crippen molar-refractivity contribution in [3.63, 3.8) is 0 Å². The van der Waals surface area contributed by atoms with Gasteiger partial charge in [-0.15, -0.1) is 0 Å². The van der Waals surface area contributed by atoms with Gasteiger partial charge in [0.2, 0.25) is 5.91 Å². The number of aliphatic hydroxyl groups is 1. The third-order valence-corrected chi connectivity index (χ3v) is 5.24. The van der Waals surface area contributed by atoms with Crippen LogP contribution in [0.2, 0.25) is 0 Å². The second-order valence-corrected chi connectivity index (χ2v) is 7.81. The van der Waals surface area contributed by atoms with E-state index in [-0.39, 0.29) is 5.91 Å². The van der Waals surface area contributed by atoms with Crippen LogP contribution in [0.15, 0.2) is 24.3 Å². The predicted octanol–water partition coefficient (Wildman–Crippen LogP) is 0.981. The molecule has 2 saturated heterocycles. The SMILES string of the molecule is CN(C)c1ccc(CC(=O)N2CCOC[C@@](O)(CN3CCCC3)C2)cc1. The number of anilines is 1. The number of β-amino-alcohol motifs (C(OH)–C–C–N with tert-alkyl or cyclic N) is 1. The summed E-state index contributed by atoms with van der Waals surface area (Å²) in [7, 11) is 4.00. The average molecular weight is 361 g/mol. The summed E-state index contributed by atoms with van der Waals surface area (Å²) in [5.74, 6) is 0.0490. The van der Waals surface area contributed by atoms with E-state index in [0.29, 0.717) is 39.3 Å². The molecule has 0 radical (unpaired) electrons. The van der Waals surface area contributed by atoms with E-state index in [4.69, 9.17) is 4.74 Å². The molecular weight excluding hydrogens is 330 g/mol. The Labute approximate surface area is 156 Å². The summed E-state index contributed by atoms with van der Waals surface area (Å²) >= 11 is 0. The average Bonchev–Trinajstić information content (AvgIpc) is 3.02. The van der Waals surface area contributed by atoms with Crippen molar-refractivity contribution in [1.82, 2.24) is 9.80 Å². The quantitative estimate of drug-likeness (QED) is 0.847. The summed E-state index contributed by atoms with van der Waals surface area (Å²) in [6.45, 7) is 4.28. The molecule has 3 rings (SSSR count). The smallest absolute Gasteiger partial charge is 0.227 e. The van der Waals surface area contributed by atoms with Crippen LogP contribution in [0, 0.1) is 0 Å². The molecule has 2 heterocycles. The lowest BCUT2D eigenvalue weighted by atomic mass is 10.0. The summed E-state index contributed by atoms with van der Waals surface area (Å²) < 4.78 is 5.62. The van der Waals surface area contributed by atoms with Crippen LogP contribution in [0.4, 0.5) is 5.69 Å². The van der Waals surface area contributed by atoms with Crippen molar-refractivity contribution >= 4 is 11.6 Å². The Morgan fingerprint density at radius 2 is 1.88 bits per heavy atom. The molecule has 1 amide bonds. The minimum absolute atomic E-state index is 0.0490. The molecule has 0 spiro atoms. The molecule has 144 valence electrons. The largest absolute Gasteiger partial charge is 0.384 e. The van der Waals surface area contributed by atoms with E-state index in [2.05, 4.69) is 4.90 Å². The summed E-state index contributed by atoms with van der Waals surface area (Å²) in [6.07, 6.45) is 2.72. The molecule has 6 heteroatoms. The summed E-state index contributed by atoms with van der Waals surface area (Å²) in [5.41, 5.74) is 1.13. The predicted molar refractivity (Wildman–Crippen MR) is 102 cm³/mol. The second kappa shape index (κ2) is 8.37. The van der Waals surface area contributed by atoms with Gasteiger partial charge in [0, 0.05) is 32.9 Å². The van der Waals surface area contributed by atoms with Crippen molar-refractivity contribution in [2.75, 3.05) is 64.9 Å². The van der Waals surface area contributed by atoms with Gasteiger partial charge in [0.05, 0.1) is 26.2 Å². The molecule has 1 atom stereocenters. The van der Waals surface area contributed by atoms with Gasteiger partial charge in [0.15, 0.2) is 0 Å². The topological polar surface area (TPSA) is 56.3 Å². The van der Waals surface area contributed by atoms with E-state index in [9.17, 15) is 9.90 Å². The lowest BCUT2D eigenvalue weighted by molar-refractivity contribution is -0.133. The van der Waals surface area contributed by atoms with Gasteiger partial charge in [-0.05, 0) is 43.6 Å². The zero-order valence-corrected chi connectivity index (χ0v) is 16.0. The normalized spacial score (nSPS) is 24.5. The van der Waals surface area contributed by atoms with Crippen LogP contribution in [0.3, 0.4) is 0 Å². The maximum Gasteiger partial charge on any atom is 0.227 e. The number of hydrogen-bond donors (Lipinski definition) is 1. The van der Waals surface area contributed by atoms with E-state index in [1.54, 1.807) is 4.90 Å². The lowest BCUT2D eigenvalue weighted by Crippen LogP contribution is -2.53. The van der Waals surface area contributed by atoms with E-state index in [0.717, 1.165) is 24.3 Å². The number of carbonyl (C=O) groups is 1. The standard InChI is InChI=1S/C20H31N3O3/c1-21(2)18-7-5-17(6-8-18)13-19(24)23-11-12-26-16-20(25,15-23)14-22-9-3-4-10-22/h5-8,25H,3-4,9-16H2,1-2H3/t20-/m1/s1. The van der Waals surface area contributed by atoms with Crippen molar-refractivity contribution in [3.05, 3.63) is 29.8 Å². The Kier molecular flexibility index (Phi) is 6.16. The van der Waals surface area contributed by atoms with Crippen molar-refractivity contribution in [1.29, 1.82) is 0 Å². The zero-order chi connectivity index (χ0) is 18.6. The Morgan fingerprint density at radius 1 is 1.19 bits per heavy atom. The van der Waals surface area contributed by atoms with Crippen LogP contribution in [0.1, 0.15) is 18.4 Å². The van der Waals surface area contributed by atoms with E-state index in [1.165, 1.54) is 12.8 Å². The minimum atomic E-state index is -0.981. The number of hydrogen-bond acceptors (Lipinski definition) is 5. The third kappa shape index (κ3) is 4.96. The number of rotatable bonds is 5. The number of ether oxygens (including phenoxy) is 1. The van der Waals surface area contributed by atoms with Gasteiger partial charge in [-0.25, -0.2) is 0 Å². The monoisotopic (exact) mass is 361 g/mol. The molecular formula is C20H31N3O3. The third-order valence-electron chi connectivity index (χ3n) is 5.24. The number of benzene rings is 1. The Bertz CT molecular complexity index is 599.